The molecule has 5 aliphatic rings. The Morgan fingerprint density at radius 3 is 2.38 bits per heavy atom. The summed E-state index contributed by atoms with van der Waals surface area (Å²) in [5.41, 5.74) is -3.42. The fourth-order valence-electron chi connectivity index (χ4n) is 6.37. The molecular weight excluding hydrogens is 427 g/mol. The van der Waals surface area contributed by atoms with Gasteiger partial charge in [0.2, 0.25) is 11.5 Å². The first-order valence-electron chi connectivity index (χ1n) is 11.3. The van der Waals surface area contributed by atoms with E-state index in [9.17, 15) is 13.2 Å². The summed E-state index contributed by atoms with van der Waals surface area (Å²) in [6, 6.07) is 6.34. The Hall–Kier alpha value is -1.55. The van der Waals surface area contributed by atoms with Gasteiger partial charge in [-0.3, -0.25) is 0 Å². The molecule has 3 unspecified atom stereocenters. The van der Waals surface area contributed by atoms with Crippen molar-refractivity contribution < 1.29 is 37.2 Å². The van der Waals surface area contributed by atoms with Crippen LogP contribution in [-0.4, -0.2) is 36.7 Å². The van der Waals surface area contributed by atoms with Crippen molar-refractivity contribution in [2.45, 2.75) is 76.0 Å². The molecule has 1 N–H and O–H groups in total. The van der Waals surface area contributed by atoms with E-state index in [1.165, 1.54) is 7.11 Å². The highest BCUT2D eigenvalue weighted by Crippen LogP contribution is 2.64. The molecule has 2 bridgehead atoms. The molecule has 4 saturated heterocycles. The highest BCUT2D eigenvalue weighted by atomic mass is 19.4. The number of anilines is 1. The van der Waals surface area contributed by atoms with E-state index >= 15 is 0 Å². The Morgan fingerprint density at radius 2 is 1.72 bits per heavy atom. The summed E-state index contributed by atoms with van der Waals surface area (Å²) < 4.78 is 61.7. The minimum absolute atomic E-state index is 0.00903. The minimum Gasteiger partial charge on any atom is -0.497 e. The van der Waals surface area contributed by atoms with Gasteiger partial charge in [0.15, 0.2) is 11.9 Å². The zero-order valence-corrected chi connectivity index (χ0v) is 18.7. The molecule has 1 saturated carbocycles. The summed E-state index contributed by atoms with van der Waals surface area (Å²) in [5.74, 6) is -1.74. The van der Waals surface area contributed by atoms with Gasteiger partial charge < -0.3 is 19.5 Å². The molecule has 9 heteroatoms. The number of alkyl halides is 3. The maximum absolute atomic E-state index is 14.8. The Kier molecular flexibility index (Phi) is 5.02. The van der Waals surface area contributed by atoms with Crippen molar-refractivity contribution in [2.24, 2.45) is 23.7 Å². The van der Waals surface area contributed by atoms with Crippen molar-refractivity contribution in [3.63, 3.8) is 0 Å². The number of hydrogen-bond acceptors (Lipinski definition) is 6. The molecule has 6 nitrogen and oxygen atoms in total. The van der Waals surface area contributed by atoms with Crippen LogP contribution < -0.4 is 10.1 Å². The van der Waals surface area contributed by atoms with Gasteiger partial charge in [0.25, 0.3) is 0 Å². The van der Waals surface area contributed by atoms with Crippen LogP contribution in [0.3, 0.4) is 0 Å². The molecule has 4 heterocycles. The SMILES string of the molecule is COc1ccc(N[C@@]2(C(F)(F)F)OC3O[C@]4(C)CCC5[C@H](C)CCC([C@H]2C)[C@@]35OO4)cc1. The van der Waals surface area contributed by atoms with Crippen LogP contribution in [0.15, 0.2) is 24.3 Å². The number of fused-ring (bicyclic) bond motifs is 2. The predicted octanol–water partition coefficient (Wildman–Crippen LogP) is 5.25. The quantitative estimate of drug-likeness (QED) is 0.626. The molecule has 4 aliphatic heterocycles. The molecule has 0 amide bonds. The average molecular weight is 457 g/mol. The van der Waals surface area contributed by atoms with E-state index in [1.54, 1.807) is 38.1 Å². The van der Waals surface area contributed by atoms with E-state index in [-0.39, 0.29) is 17.5 Å². The second-order valence-electron chi connectivity index (χ2n) is 9.90. The van der Waals surface area contributed by atoms with Gasteiger partial charge in [-0.05, 0) is 62.3 Å². The molecule has 1 aliphatic carbocycles. The molecule has 178 valence electrons. The Labute approximate surface area is 185 Å². The molecule has 32 heavy (non-hydrogen) atoms. The lowest BCUT2D eigenvalue weighted by atomic mass is 9.56. The monoisotopic (exact) mass is 457 g/mol. The molecule has 1 spiro atoms. The van der Waals surface area contributed by atoms with E-state index in [2.05, 4.69) is 12.2 Å². The minimum atomic E-state index is -4.71. The number of rotatable bonds is 3. The summed E-state index contributed by atoms with van der Waals surface area (Å²) in [4.78, 5) is 11.7. The normalized spacial score (nSPS) is 45.7. The van der Waals surface area contributed by atoms with Gasteiger partial charge in [-0.15, -0.1) is 0 Å². The Morgan fingerprint density at radius 1 is 1.00 bits per heavy atom. The highest BCUT2D eigenvalue weighted by Gasteiger charge is 2.76. The topological polar surface area (TPSA) is 58.2 Å². The first kappa shape index (κ1) is 22.3. The lowest BCUT2D eigenvalue weighted by molar-refractivity contribution is -0.582. The maximum atomic E-state index is 14.8. The second-order valence-corrected chi connectivity index (χ2v) is 9.90. The van der Waals surface area contributed by atoms with Crippen molar-refractivity contribution >= 4 is 5.69 Å². The van der Waals surface area contributed by atoms with Gasteiger partial charge in [-0.2, -0.15) is 13.2 Å². The van der Waals surface area contributed by atoms with Crippen molar-refractivity contribution in [3.8, 4) is 5.75 Å². The van der Waals surface area contributed by atoms with Crippen molar-refractivity contribution in [2.75, 3.05) is 12.4 Å². The fourth-order valence-corrected chi connectivity index (χ4v) is 6.37. The lowest BCUT2D eigenvalue weighted by Crippen LogP contribution is -2.77. The van der Waals surface area contributed by atoms with Crippen LogP contribution in [0, 0.1) is 23.7 Å². The van der Waals surface area contributed by atoms with E-state index < -0.39 is 41.4 Å². The van der Waals surface area contributed by atoms with Crippen LogP contribution in [0.4, 0.5) is 18.9 Å². The van der Waals surface area contributed by atoms with Crippen LogP contribution in [-0.2, 0) is 19.2 Å². The van der Waals surface area contributed by atoms with Crippen LogP contribution in [0.25, 0.3) is 0 Å². The number of hydrogen-bond donors (Lipinski definition) is 1. The van der Waals surface area contributed by atoms with E-state index in [0.29, 0.717) is 18.6 Å². The molecular formula is C23H30F3NO5. The fraction of sp³-hybridized carbons (Fsp3) is 0.739. The zero-order chi connectivity index (χ0) is 22.9. The number of nitrogens with one attached hydrogen (secondary N) is 1. The van der Waals surface area contributed by atoms with Gasteiger partial charge >= 0.3 is 6.18 Å². The van der Waals surface area contributed by atoms with Gasteiger partial charge in [0.1, 0.15) is 5.75 Å². The van der Waals surface area contributed by atoms with Gasteiger partial charge in [-0.25, -0.2) is 9.78 Å². The van der Waals surface area contributed by atoms with Crippen LogP contribution in [0.5, 0.6) is 5.75 Å². The average Bonchev–Trinajstić information content (AvgIpc) is 2.97. The molecule has 0 aromatic heterocycles. The van der Waals surface area contributed by atoms with E-state index in [1.807, 2.05) is 0 Å². The third-order valence-electron chi connectivity index (χ3n) is 8.15. The number of benzene rings is 1. The van der Waals surface area contributed by atoms with Crippen LogP contribution >= 0.6 is 0 Å². The molecule has 1 aromatic rings. The van der Waals surface area contributed by atoms with Gasteiger partial charge in [0.05, 0.1) is 7.11 Å². The maximum Gasteiger partial charge on any atom is 0.436 e. The van der Waals surface area contributed by atoms with Crippen LogP contribution in [0.2, 0.25) is 0 Å². The van der Waals surface area contributed by atoms with Crippen molar-refractivity contribution in [1.29, 1.82) is 0 Å². The summed E-state index contributed by atoms with van der Waals surface area (Å²) in [7, 11) is 1.51. The Bertz CT molecular complexity index is 866. The molecule has 1 aromatic carbocycles. The highest BCUT2D eigenvalue weighted by molar-refractivity contribution is 5.49. The third-order valence-corrected chi connectivity index (χ3v) is 8.15. The van der Waals surface area contributed by atoms with Gasteiger partial charge in [0, 0.05) is 23.9 Å². The molecule has 0 radical (unpaired) electrons. The zero-order valence-electron chi connectivity index (χ0n) is 18.7. The third kappa shape index (κ3) is 3.01. The summed E-state index contributed by atoms with van der Waals surface area (Å²) >= 11 is 0. The molecule has 6 rings (SSSR count). The van der Waals surface area contributed by atoms with Gasteiger partial charge in [-0.1, -0.05) is 13.8 Å². The summed E-state index contributed by atoms with van der Waals surface area (Å²) in [5, 5.41) is 2.69. The van der Waals surface area contributed by atoms with Crippen LogP contribution in [0.1, 0.15) is 46.5 Å². The first-order chi connectivity index (χ1) is 15.0. The lowest BCUT2D eigenvalue weighted by Gasteiger charge is -2.63. The van der Waals surface area contributed by atoms with Crippen molar-refractivity contribution in [1.82, 2.24) is 0 Å². The summed E-state index contributed by atoms with van der Waals surface area (Å²) in [6.07, 6.45) is -3.22. The first-order valence-corrected chi connectivity index (χ1v) is 11.3. The predicted molar refractivity (Wildman–Crippen MR) is 108 cm³/mol. The summed E-state index contributed by atoms with van der Waals surface area (Å²) in [6.45, 7) is 5.42. The second kappa shape index (κ2) is 7.22. The van der Waals surface area contributed by atoms with E-state index in [0.717, 1.165) is 12.8 Å². The smallest absolute Gasteiger partial charge is 0.436 e. The number of methoxy groups -OCH3 is 1. The van der Waals surface area contributed by atoms with Crippen molar-refractivity contribution in [3.05, 3.63) is 24.3 Å². The molecule has 8 atom stereocenters. The standard InChI is InChI=1S/C23H30F3NO5/c1-13-5-10-18-14(2)22(23(24,25)26,27-15-6-8-16(28-4)9-7-15)30-19-21(18)17(13)11-12-20(3,29-19)31-32-21/h6-9,13-14,17-19,27H,5,10-12H2,1-4H3/t13-,14-,17?,18?,19?,20+,21-,22-/m1/s1. The van der Waals surface area contributed by atoms with E-state index in [4.69, 9.17) is 24.0 Å². The molecule has 5 fully saturated rings. The largest absolute Gasteiger partial charge is 0.497 e. The Balaban J connectivity index is 1.60. The number of ether oxygens (including phenoxy) is 3. The number of halogens is 3.